The highest BCUT2D eigenvalue weighted by atomic mass is 79.9. The Hall–Kier alpha value is -0.0800. The Morgan fingerprint density at radius 3 is 2.72 bits per heavy atom. The van der Waals surface area contributed by atoms with Crippen LogP contribution >= 0.6 is 27.7 Å². The molecule has 18 heavy (non-hydrogen) atoms. The lowest BCUT2D eigenvalue weighted by Gasteiger charge is -2.16. The van der Waals surface area contributed by atoms with Crippen LogP contribution in [0.5, 0.6) is 0 Å². The summed E-state index contributed by atoms with van der Waals surface area (Å²) in [5.41, 5.74) is 1.12. The third-order valence-corrected chi connectivity index (χ3v) is 4.43. The van der Waals surface area contributed by atoms with Crippen LogP contribution in [0.15, 0.2) is 27.6 Å². The SMILES string of the molecule is CCSc1ccc(Br)cc1C(C)CNS(N)(=O)=O. The molecule has 4 nitrogen and oxygen atoms in total. The number of thioether (sulfide) groups is 1. The van der Waals surface area contributed by atoms with Gasteiger partial charge >= 0.3 is 0 Å². The zero-order valence-corrected chi connectivity index (χ0v) is 13.5. The Morgan fingerprint density at radius 2 is 2.17 bits per heavy atom. The number of benzene rings is 1. The Morgan fingerprint density at radius 1 is 1.50 bits per heavy atom. The second-order valence-electron chi connectivity index (χ2n) is 3.91. The van der Waals surface area contributed by atoms with Gasteiger partial charge in [-0.25, -0.2) is 9.86 Å². The molecule has 1 rings (SSSR count). The number of nitrogens with one attached hydrogen (secondary N) is 1. The quantitative estimate of drug-likeness (QED) is 0.772. The van der Waals surface area contributed by atoms with Gasteiger partial charge < -0.3 is 0 Å². The van der Waals surface area contributed by atoms with Gasteiger partial charge in [-0.2, -0.15) is 8.42 Å². The minimum atomic E-state index is -3.63. The lowest BCUT2D eigenvalue weighted by atomic mass is 10.0. The van der Waals surface area contributed by atoms with Crippen LogP contribution in [-0.4, -0.2) is 20.7 Å². The van der Waals surface area contributed by atoms with E-state index in [2.05, 4.69) is 27.6 Å². The Kier molecular flexibility index (Phi) is 6.13. The van der Waals surface area contributed by atoms with E-state index in [0.29, 0.717) is 6.54 Å². The molecule has 7 heteroatoms. The van der Waals surface area contributed by atoms with Gasteiger partial charge in [-0.3, -0.25) is 0 Å². The van der Waals surface area contributed by atoms with Gasteiger partial charge in [0.2, 0.25) is 0 Å². The maximum atomic E-state index is 10.9. The van der Waals surface area contributed by atoms with E-state index in [9.17, 15) is 8.42 Å². The van der Waals surface area contributed by atoms with Crippen LogP contribution in [0.3, 0.4) is 0 Å². The van der Waals surface area contributed by atoms with E-state index in [-0.39, 0.29) is 5.92 Å². The molecular weight excluding hydrogens is 336 g/mol. The van der Waals surface area contributed by atoms with E-state index < -0.39 is 10.2 Å². The topological polar surface area (TPSA) is 72.2 Å². The van der Waals surface area contributed by atoms with Gasteiger partial charge in [0.1, 0.15) is 0 Å². The van der Waals surface area contributed by atoms with Gasteiger partial charge in [-0.1, -0.05) is 29.8 Å². The Labute approximate surface area is 121 Å². The molecule has 0 saturated heterocycles. The van der Waals surface area contributed by atoms with Crippen molar-refractivity contribution in [2.75, 3.05) is 12.3 Å². The van der Waals surface area contributed by atoms with Crippen molar-refractivity contribution in [3.8, 4) is 0 Å². The molecule has 102 valence electrons. The summed E-state index contributed by atoms with van der Waals surface area (Å²) in [5.74, 6) is 1.04. The highest BCUT2D eigenvalue weighted by Gasteiger charge is 2.13. The standard InChI is InChI=1S/C11H17BrN2O2S2/c1-3-17-11-5-4-9(12)6-10(11)8(2)7-14-18(13,15)16/h4-6,8,14H,3,7H2,1-2H3,(H2,13,15,16). The summed E-state index contributed by atoms with van der Waals surface area (Å²) in [6.45, 7) is 4.36. The summed E-state index contributed by atoms with van der Waals surface area (Å²) in [4.78, 5) is 1.17. The third-order valence-electron chi connectivity index (χ3n) is 2.39. The Bertz CT molecular complexity index is 506. The number of hydrogen-bond acceptors (Lipinski definition) is 3. The zero-order chi connectivity index (χ0) is 13.8. The first kappa shape index (κ1) is 16.0. The van der Waals surface area contributed by atoms with Gasteiger partial charge in [0.05, 0.1) is 0 Å². The summed E-state index contributed by atoms with van der Waals surface area (Å²) in [7, 11) is -3.63. The predicted octanol–water partition coefficient (Wildman–Crippen LogP) is 2.46. The van der Waals surface area contributed by atoms with Crippen LogP contribution in [0.25, 0.3) is 0 Å². The van der Waals surface area contributed by atoms with E-state index >= 15 is 0 Å². The predicted molar refractivity (Wildman–Crippen MR) is 80.1 cm³/mol. The number of hydrogen-bond donors (Lipinski definition) is 2. The lowest BCUT2D eigenvalue weighted by molar-refractivity contribution is 0.576. The molecule has 0 aliphatic heterocycles. The van der Waals surface area contributed by atoms with E-state index in [1.54, 1.807) is 11.8 Å². The van der Waals surface area contributed by atoms with Gasteiger partial charge in [-0.05, 0) is 35.4 Å². The molecule has 0 aliphatic carbocycles. The summed E-state index contributed by atoms with van der Waals surface area (Å²) in [6.07, 6.45) is 0. The molecule has 0 amide bonds. The second kappa shape index (κ2) is 6.91. The van der Waals surface area contributed by atoms with Crippen LogP contribution in [0.2, 0.25) is 0 Å². The van der Waals surface area contributed by atoms with Crippen LogP contribution < -0.4 is 9.86 Å². The summed E-state index contributed by atoms with van der Waals surface area (Å²) >= 11 is 5.18. The van der Waals surface area contributed by atoms with Gasteiger partial charge in [0, 0.05) is 15.9 Å². The molecule has 1 atom stereocenters. The van der Waals surface area contributed by atoms with Crippen molar-refractivity contribution in [1.29, 1.82) is 0 Å². The maximum Gasteiger partial charge on any atom is 0.274 e. The normalized spacial score (nSPS) is 13.6. The smallest absolute Gasteiger partial charge is 0.216 e. The molecule has 1 aromatic rings. The van der Waals surface area contributed by atoms with Crippen molar-refractivity contribution >= 4 is 37.9 Å². The molecule has 0 radical (unpaired) electrons. The first-order valence-electron chi connectivity index (χ1n) is 5.53. The van der Waals surface area contributed by atoms with Crippen molar-refractivity contribution in [2.24, 2.45) is 5.14 Å². The summed E-state index contributed by atoms with van der Waals surface area (Å²) in [6, 6.07) is 6.05. The molecule has 0 bridgehead atoms. The van der Waals surface area contributed by atoms with Crippen molar-refractivity contribution in [1.82, 2.24) is 4.72 Å². The summed E-state index contributed by atoms with van der Waals surface area (Å²) in [5, 5.41) is 4.94. The molecule has 1 unspecified atom stereocenters. The fraction of sp³-hybridized carbons (Fsp3) is 0.455. The first-order valence-corrected chi connectivity index (χ1v) is 8.85. The van der Waals surface area contributed by atoms with Crippen molar-refractivity contribution in [3.05, 3.63) is 28.2 Å². The van der Waals surface area contributed by atoms with Gasteiger partial charge in [-0.15, -0.1) is 11.8 Å². The fourth-order valence-electron chi connectivity index (χ4n) is 1.54. The van der Waals surface area contributed by atoms with Crippen molar-refractivity contribution in [2.45, 2.75) is 24.7 Å². The van der Waals surface area contributed by atoms with E-state index in [1.807, 2.05) is 25.1 Å². The van der Waals surface area contributed by atoms with Gasteiger partial charge in [0.25, 0.3) is 10.2 Å². The molecule has 0 aliphatic rings. The average molecular weight is 353 g/mol. The van der Waals surface area contributed by atoms with Crippen LogP contribution in [-0.2, 0) is 10.2 Å². The van der Waals surface area contributed by atoms with Crippen LogP contribution in [0.1, 0.15) is 25.3 Å². The van der Waals surface area contributed by atoms with Crippen LogP contribution in [0, 0.1) is 0 Å². The molecule has 0 fully saturated rings. The highest BCUT2D eigenvalue weighted by Crippen LogP contribution is 2.30. The molecule has 0 aromatic heterocycles. The second-order valence-corrected chi connectivity index (χ2v) is 7.51. The first-order chi connectivity index (χ1) is 8.33. The molecule has 0 heterocycles. The third kappa shape index (κ3) is 5.27. The molecule has 1 aromatic carbocycles. The number of halogens is 1. The van der Waals surface area contributed by atoms with Crippen LogP contribution in [0.4, 0.5) is 0 Å². The van der Waals surface area contributed by atoms with E-state index in [0.717, 1.165) is 15.8 Å². The highest BCUT2D eigenvalue weighted by molar-refractivity contribution is 9.10. The van der Waals surface area contributed by atoms with E-state index in [4.69, 9.17) is 5.14 Å². The lowest BCUT2D eigenvalue weighted by Crippen LogP contribution is -2.33. The average Bonchev–Trinajstić information content (AvgIpc) is 2.27. The number of nitrogens with two attached hydrogens (primary N) is 1. The molecule has 0 spiro atoms. The molecule has 3 N–H and O–H groups in total. The number of rotatable bonds is 6. The van der Waals surface area contributed by atoms with Crippen molar-refractivity contribution < 1.29 is 8.42 Å². The minimum absolute atomic E-state index is 0.0647. The monoisotopic (exact) mass is 352 g/mol. The maximum absolute atomic E-state index is 10.9. The molecule has 0 saturated carbocycles. The largest absolute Gasteiger partial charge is 0.274 e. The van der Waals surface area contributed by atoms with E-state index in [1.165, 1.54) is 4.90 Å². The van der Waals surface area contributed by atoms with Crippen molar-refractivity contribution in [3.63, 3.8) is 0 Å². The summed E-state index contributed by atoms with van der Waals surface area (Å²) < 4.78 is 25.1. The minimum Gasteiger partial charge on any atom is -0.216 e. The zero-order valence-electron chi connectivity index (χ0n) is 10.3. The Balaban J connectivity index is 2.89. The molecular formula is C11H17BrN2O2S2. The fourth-order valence-corrected chi connectivity index (χ4v) is 3.31. The van der Waals surface area contributed by atoms with Gasteiger partial charge in [0.15, 0.2) is 0 Å².